The van der Waals surface area contributed by atoms with Gasteiger partial charge in [-0.2, -0.15) is 0 Å². The summed E-state index contributed by atoms with van der Waals surface area (Å²) >= 11 is 0. The molecule has 3 aliphatic carbocycles. The number of hydrogen-bond donors (Lipinski definition) is 0. The molecule has 0 saturated heterocycles. The van der Waals surface area contributed by atoms with E-state index < -0.39 is 5.41 Å². The van der Waals surface area contributed by atoms with Gasteiger partial charge in [-0.3, -0.25) is 4.79 Å². The van der Waals surface area contributed by atoms with Gasteiger partial charge in [0.1, 0.15) is 5.76 Å². The maximum absolute atomic E-state index is 11.9. The summed E-state index contributed by atoms with van der Waals surface area (Å²) in [6, 6.07) is 0. The number of carbonyl (C=O) groups excluding carboxylic acids is 1. The zero-order chi connectivity index (χ0) is 12.2. The van der Waals surface area contributed by atoms with Crippen molar-refractivity contribution in [3.63, 3.8) is 0 Å². The van der Waals surface area contributed by atoms with E-state index in [-0.39, 0.29) is 5.97 Å². The van der Waals surface area contributed by atoms with Crippen molar-refractivity contribution in [1.82, 2.24) is 0 Å². The van der Waals surface area contributed by atoms with Gasteiger partial charge in [-0.25, -0.2) is 0 Å². The van der Waals surface area contributed by atoms with Crippen molar-refractivity contribution < 1.29 is 9.53 Å². The summed E-state index contributed by atoms with van der Waals surface area (Å²) < 4.78 is 5.52. The number of carbonyl (C=O) groups is 1. The number of allylic oxidation sites excluding steroid dienone is 7. The zero-order valence-electron chi connectivity index (χ0n) is 10.5. The number of rotatable bonds is 1. The van der Waals surface area contributed by atoms with E-state index >= 15 is 0 Å². The van der Waals surface area contributed by atoms with Crippen molar-refractivity contribution in [3.8, 4) is 0 Å². The molecule has 0 fully saturated rings. The molecule has 0 amide bonds. The van der Waals surface area contributed by atoms with Gasteiger partial charge in [-0.1, -0.05) is 12.2 Å². The molecule has 0 aliphatic heterocycles. The zero-order valence-corrected chi connectivity index (χ0v) is 10.5. The Balaban J connectivity index is 1.87. The second-order valence-electron chi connectivity index (χ2n) is 5.83. The molecule has 0 radical (unpaired) electrons. The highest BCUT2D eigenvalue weighted by Gasteiger charge is 2.34. The highest BCUT2D eigenvalue weighted by Crippen LogP contribution is 2.48. The van der Waals surface area contributed by atoms with Crippen molar-refractivity contribution >= 4 is 5.97 Å². The van der Waals surface area contributed by atoms with Crippen LogP contribution in [0.4, 0.5) is 0 Å². The maximum atomic E-state index is 11.9. The highest BCUT2D eigenvalue weighted by molar-refractivity contribution is 5.79. The van der Waals surface area contributed by atoms with Crippen LogP contribution in [0.15, 0.2) is 46.3 Å². The normalized spacial score (nSPS) is 21.2. The summed E-state index contributed by atoms with van der Waals surface area (Å²) in [7, 11) is 0. The SMILES string of the molecule is CC(C)(C)C(=O)OC1=C2CC(=C1)C1=C2CC=C1. The molecular weight excluding hydrogens is 212 g/mol. The van der Waals surface area contributed by atoms with Gasteiger partial charge >= 0.3 is 5.97 Å². The van der Waals surface area contributed by atoms with E-state index in [1.165, 1.54) is 22.3 Å². The van der Waals surface area contributed by atoms with Crippen molar-refractivity contribution in [2.24, 2.45) is 5.41 Å². The molecule has 0 aromatic heterocycles. The average molecular weight is 228 g/mol. The first kappa shape index (κ1) is 10.6. The molecule has 0 unspecified atom stereocenters. The van der Waals surface area contributed by atoms with Gasteiger partial charge in [0.2, 0.25) is 0 Å². The molecule has 88 valence electrons. The van der Waals surface area contributed by atoms with Crippen LogP contribution in [0, 0.1) is 5.41 Å². The molecule has 2 nitrogen and oxygen atoms in total. The summed E-state index contributed by atoms with van der Waals surface area (Å²) in [5.41, 5.74) is 4.80. The van der Waals surface area contributed by atoms with E-state index in [4.69, 9.17) is 4.74 Å². The van der Waals surface area contributed by atoms with Crippen LogP contribution >= 0.6 is 0 Å². The average Bonchev–Trinajstić information content (AvgIpc) is 2.85. The van der Waals surface area contributed by atoms with Crippen LogP contribution in [0.5, 0.6) is 0 Å². The second-order valence-corrected chi connectivity index (χ2v) is 5.83. The van der Waals surface area contributed by atoms with Crippen LogP contribution in [0.3, 0.4) is 0 Å². The molecule has 0 aromatic rings. The molecule has 0 N–H and O–H groups in total. The molecule has 0 atom stereocenters. The lowest BCUT2D eigenvalue weighted by Crippen LogP contribution is -2.22. The predicted molar refractivity (Wildman–Crippen MR) is 66.1 cm³/mol. The molecule has 17 heavy (non-hydrogen) atoms. The lowest BCUT2D eigenvalue weighted by molar-refractivity contribution is -0.148. The molecule has 3 aliphatic rings. The molecule has 0 saturated carbocycles. The summed E-state index contributed by atoms with van der Waals surface area (Å²) in [4.78, 5) is 11.9. The molecule has 0 aromatic carbocycles. The van der Waals surface area contributed by atoms with E-state index in [2.05, 4.69) is 12.2 Å². The topological polar surface area (TPSA) is 26.3 Å². The van der Waals surface area contributed by atoms with E-state index in [0.717, 1.165) is 18.6 Å². The van der Waals surface area contributed by atoms with Crippen LogP contribution in [-0.2, 0) is 9.53 Å². The monoisotopic (exact) mass is 228 g/mol. The van der Waals surface area contributed by atoms with Crippen LogP contribution in [0.25, 0.3) is 0 Å². The summed E-state index contributed by atoms with van der Waals surface area (Å²) in [5.74, 6) is 0.625. The minimum absolute atomic E-state index is 0.155. The first-order chi connectivity index (χ1) is 7.97. The molecule has 3 rings (SSSR count). The fourth-order valence-electron chi connectivity index (χ4n) is 2.44. The molecule has 0 spiro atoms. The van der Waals surface area contributed by atoms with Crippen LogP contribution in [0.1, 0.15) is 33.6 Å². The Labute approximate surface area is 101 Å². The molecule has 0 heterocycles. The third-order valence-electron chi connectivity index (χ3n) is 3.43. The smallest absolute Gasteiger partial charge is 0.316 e. The van der Waals surface area contributed by atoms with Gasteiger partial charge in [0.25, 0.3) is 0 Å². The van der Waals surface area contributed by atoms with Crippen molar-refractivity contribution in [3.05, 3.63) is 46.3 Å². The lowest BCUT2D eigenvalue weighted by Gasteiger charge is -2.18. The predicted octanol–water partition coefficient (Wildman–Crippen LogP) is 3.43. The Kier molecular flexibility index (Phi) is 2.00. The Morgan fingerprint density at radius 3 is 2.76 bits per heavy atom. The van der Waals surface area contributed by atoms with Crippen molar-refractivity contribution in [2.45, 2.75) is 33.6 Å². The fourth-order valence-corrected chi connectivity index (χ4v) is 2.44. The maximum Gasteiger partial charge on any atom is 0.316 e. The Morgan fingerprint density at radius 1 is 1.29 bits per heavy atom. The number of fused-ring (bicyclic) bond motifs is 4. The number of ether oxygens (including phenoxy) is 1. The van der Waals surface area contributed by atoms with Gasteiger partial charge in [0.05, 0.1) is 5.41 Å². The Bertz CT molecular complexity index is 534. The third kappa shape index (κ3) is 1.51. The minimum atomic E-state index is -0.445. The highest BCUT2D eigenvalue weighted by atomic mass is 16.5. The van der Waals surface area contributed by atoms with Crippen molar-refractivity contribution in [2.75, 3.05) is 0 Å². The fraction of sp³-hybridized carbons (Fsp3) is 0.400. The van der Waals surface area contributed by atoms with Crippen LogP contribution in [0.2, 0.25) is 0 Å². The quantitative estimate of drug-likeness (QED) is 0.643. The van der Waals surface area contributed by atoms with Gasteiger partial charge in [0, 0.05) is 12.0 Å². The third-order valence-corrected chi connectivity index (χ3v) is 3.43. The number of hydrogen-bond acceptors (Lipinski definition) is 2. The van der Waals surface area contributed by atoms with Crippen molar-refractivity contribution in [1.29, 1.82) is 0 Å². The summed E-state index contributed by atoms with van der Waals surface area (Å²) in [6.45, 7) is 5.63. The first-order valence-electron chi connectivity index (χ1n) is 6.03. The van der Waals surface area contributed by atoms with E-state index in [9.17, 15) is 4.79 Å². The molecular formula is C15H16O2. The van der Waals surface area contributed by atoms with Crippen LogP contribution < -0.4 is 0 Å². The molecule has 2 bridgehead atoms. The first-order valence-corrected chi connectivity index (χ1v) is 6.03. The molecule has 2 heteroatoms. The van der Waals surface area contributed by atoms with E-state index in [0.29, 0.717) is 0 Å². The van der Waals surface area contributed by atoms with Gasteiger partial charge in [-0.15, -0.1) is 0 Å². The summed E-state index contributed by atoms with van der Waals surface area (Å²) in [6.07, 6.45) is 8.30. The summed E-state index contributed by atoms with van der Waals surface area (Å²) in [5, 5.41) is 0. The Hall–Kier alpha value is -1.57. The standard InChI is InChI=1S/C15H16O2/c1-15(2,3)14(16)17-13-8-9-7-12(13)11-6-4-5-10(9)11/h4-5,8H,6-7H2,1-3H3. The minimum Gasteiger partial charge on any atom is -0.426 e. The van der Waals surface area contributed by atoms with Gasteiger partial charge in [-0.05, 0) is 50.0 Å². The number of esters is 1. The largest absolute Gasteiger partial charge is 0.426 e. The Morgan fingerprint density at radius 2 is 2.06 bits per heavy atom. The van der Waals surface area contributed by atoms with Crippen LogP contribution in [-0.4, -0.2) is 5.97 Å². The van der Waals surface area contributed by atoms with E-state index in [1.807, 2.05) is 26.8 Å². The second kappa shape index (κ2) is 3.22. The lowest BCUT2D eigenvalue weighted by atomic mass is 9.97. The van der Waals surface area contributed by atoms with E-state index in [1.54, 1.807) is 0 Å². The van der Waals surface area contributed by atoms with Gasteiger partial charge < -0.3 is 4.74 Å². The van der Waals surface area contributed by atoms with Gasteiger partial charge in [0.15, 0.2) is 0 Å².